The minimum absolute atomic E-state index is 0.0297. The number of hydrogen-bond donors (Lipinski definition) is 0. The van der Waals surface area contributed by atoms with Crippen molar-refractivity contribution in [3.8, 4) is 0 Å². The number of rotatable bonds is 9. The maximum Gasteiger partial charge on any atom is 0.223 e. The van der Waals surface area contributed by atoms with Gasteiger partial charge in [0.05, 0.1) is 5.69 Å². The van der Waals surface area contributed by atoms with E-state index in [4.69, 9.17) is 0 Å². The second kappa shape index (κ2) is 10.6. The number of likely N-dealkylation sites (N-methyl/N-ethyl adjacent to an activating group) is 1. The van der Waals surface area contributed by atoms with Crippen molar-refractivity contribution < 1.29 is 9.18 Å². The van der Waals surface area contributed by atoms with Crippen molar-refractivity contribution in [1.29, 1.82) is 0 Å². The number of pyridine rings is 1. The first-order chi connectivity index (χ1) is 16.4. The molecule has 0 spiro atoms. The molecule has 1 unspecified atom stereocenters. The second-order valence-corrected chi connectivity index (χ2v) is 9.03. The van der Waals surface area contributed by atoms with Crippen LogP contribution in [0.1, 0.15) is 34.7 Å². The van der Waals surface area contributed by atoms with Gasteiger partial charge in [-0.25, -0.2) is 9.37 Å². The Kier molecular flexibility index (Phi) is 7.38. The molecule has 2 aromatic heterocycles. The van der Waals surface area contributed by atoms with Gasteiger partial charge >= 0.3 is 0 Å². The summed E-state index contributed by atoms with van der Waals surface area (Å²) in [4.78, 5) is 22.2. The lowest BCUT2D eigenvalue weighted by Crippen LogP contribution is -2.37. The minimum Gasteiger partial charge on any atom is -0.337 e. The molecule has 0 radical (unpaired) electrons. The molecule has 2 aromatic carbocycles. The maximum absolute atomic E-state index is 14.2. The van der Waals surface area contributed by atoms with Crippen LogP contribution < -0.4 is 0 Å². The van der Waals surface area contributed by atoms with Gasteiger partial charge in [-0.1, -0.05) is 42.5 Å². The van der Waals surface area contributed by atoms with E-state index in [1.54, 1.807) is 12.3 Å². The molecule has 0 aliphatic carbocycles. The van der Waals surface area contributed by atoms with Crippen LogP contribution >= 0.6 is 0 Å². The van der Waals surface area contributed by atoms with Crippen LogP contribution in [-0.4, -0.2) is 52.3 Å². The molecule has 5 nitrogen and oxygen atoms in total. The predicted molar refractivity (Wildman–Crippen MR) is 133 cm³/mol. The lowest BCUT2D eigenvalue weighted by atomic mass is 9.92. The number of carbonyl (C=O) groups is 1. The van der Waals surface area contributed by atoms with Crippen LogP contribution in [0.25, 0.3) is 5.65 Å². The van der Waals surface area contributed by atoms with Crippen molar-refractivity contribution in [2.24, 2.45) is 0 Å². The summed E-state index contributed by atoms with van der Waals surface area (Å²) < 4.78 is 16.2. The van der Waals surface area contributed by atoms with Gasteiger partial charge in [-0.2, -0.15) is 0 Å². The van der Waals surface area contributed by atoms with Crippen molar-refractivity contribution >= 4 is 11.6 Å². The fourth-order valence-corrected chi connectivity index (χ4v) is 4.20. The average molecular weight is 459 g/mol. The molecule has 4 aromatic rings. The van der Waals surface area contributed by atoms with Crippen LogP contribution in [-0.2, 0) is 11.3 Å². The van der Waals surface area contributed by atoms with Crippen molar-refractivity contribution in [2.75, 3.05) is 27.2 Å². The van der Waals surface area contributed by atoms with Gasteiger partial charge in [0, 0.05) is 44.4 Å². The molecule has 0 saturated carbocycles. The van der Waals surface area contributed by atoms with E-state index in [1.165, 1.54) is 12.1 Å². The SMILES string of the molecule is Cc1ccn2c(C(CC(=O)N(CCN(C)C)Cc3ccccc3)c3cccc(F)c3)cnc2c1. The Labute approximate surface area is 200 Å². The zero-order chi connectivity index (χ0) is 24.1. The fraction of sp³-hybridized carbons (Fsp3) is 0.286. The number of amides is 1. The van der Waals surface area contributed by atoms with E-state index in [2.05, 4.69) is 9.88 Å². The quantitative estimate of drug-likeness (QED) is 0.358. The number of halogens is 1. The molecule has 6 heteroatoms. The Morgan fingerprint density at radius 2 is 1.82 bits per heavy atom. The van der Waals surface area contributed by atoms with Crippen LogP contribution in [0.2, 0.25) is 0 Å². The average Bonchev–Trinajstić information content (AvgIpc) is 3.23. The maximum atomic E-state index is 14.2. The van der Waals surface area contributed by atoms with E-state index >= 15 is 0 Å². The van der Waals surface area contributed by atoms with Gasteiger partial charge in [-0.3, -0.25) is 4.79 Å². The first-order valence-corrected chi connectivity index (χ1v) is 11.6. The Morgan fingerprint density at radius 3 is 2.56 bits per heavy atom. The Balaban J connectivity index is 1.68. The van der Waals surface area contributed by atoms with E-state index in [0.717, 1.165) is 34.6 Å². The zero-order valence-electron chi connectivity index (χ0n) is 20.0. The molecular formula is C28H31FN4O. The molecule has 4 rings (SSSR count). The highest BCUT2D eigenvalue weighted by Gasteiger charge is 2.25. The van der Waals surface area contributed by atoms with Crippen LogP contribution in [0.5, 0.6) is 0 Å². The smallest absolute Gasteiger partial charge is 0.223 e. The topological polar surface area (TPSA) is 40.9 Å². The summed E-state index contributed by atoms with van der Waals surface area (Å²) in [5.41, 5.74) is 4.66. The summed E-state index contributed by atoms with van der Waals surface area (Å²) in [6.07, 6.45) is 4.00. The highest BCUT2D eigenvalue weighted by molar-refractivity contribution is 5.78. The molecule has 0 bridgehead atoms. The first kappa shape index (κ1) is 23.6. The summed E-state index contributed by atoms with van der Waals surface area (Å²) >= 11 is 0. The predicted octanol–water partition coefficient (Wildman–Crippen LogP) is 4.89. The molecule has 0 fully saturated rings. The first-order valence-electron chi connectivity index (χ1n) is 11.6. The van der Waals surface area contributed by atoms with Gasteiger partial charge in [-0.05, 0) is 62.0 Å². The molecule has 34 heavy (non-hydrogen) atoms. The van der Waals surface area contributed by atoms with Crippen molar-refractivity contribution in [1.82, 2.24) is 19.2 Å². The van der Waals surface area contributed by atoms with E-state index in [-0.39, 0.29) is 24.1 Å². The number of benzene rings is 2. The van der Waals surface area contributed by atoms with Gasteiger partial charge < -0.3 is 14.2 Å². The number of imidazole rings is 1. The summed E-state index contributed by atoms with van der Waals surface area (Å²) in [5, 5.41) is 0. The summed E-state index contributed by atoms with van der Waals surface area (Å²) in [6, 6.07) is 20.6. The molecule has 1 amide bonds. The van der Waals surface area contributed by atoms with Crippen molar-refractivity contribution in [2.45, 2.75) is 25.8 Å². The van der Waals surface area contributed by atoms with E-state index in [1.807, 2.05) is 85.0 Å². The Bertz CT molecular complexity index is 1250. The third-order valence-corrected chi connectivity index (χ3v) is 6.07. The highest BCUT2D eigenvalue weighted by Crippen LogP contribution is 2.30. The zero-order valence-corrected chi connectivity index (χ0v) is 20.0. The molecule has 0 aliphatic heterocycles. The summed E-state index contributed by atoms with van der Waals surface area (Å²) in [6.45, 7) is 3.94. The standard InChI is InChI=1S/C28H31FN4O/c1-21-12-13-33-26(19-30-27(33)16-21)25(23-10-7-11-24(29)17-23)18-28(34)32(15-14-31(2)3)20-22-8-5-4-6-9-22/h4-13,16-17,19,25H,14-15,18,20H2,1-3H3. The van der Waals surface area contributed by atoms with E-state index in [0.29, 0.717) is 13.1 Å². The lowest BCUT2D eigenvalue weighted by Gasteiger charge is -2.27. The monoisotopic (exact) mass is 458 g/mol. The van der Waals surface area contributed by atoms with Gasteiger partial charge in [0.1, 0.15) is 11.5 Å². The molecule has 0 N–H and O–H groups in total. The lowest BCUT2D eigenvalue weighted by molar-refractivity contribution is -0.132. The van der Waals surface area contributed by atoms with Crippen LogP contribution in [0.4, 0.5) is 4.39 Å². The third-order valence-electron chi connectivity index (χ3n) is 6.07. The molecule has 0 saturated heterocycles. The third kappa shape index (κ3) is 5.69. The number of carbonyl (C=O) groups excluding carboxylic acids is 1. The van der Waals surface area contributed by atoms with Gasteiger partial charge in [0.25, 0.3) is 0 Å². The van der Waals surface area contributed by atoms with Gasteiger partial charge in [0.2, 0.25) is 5.91 Å². The fourth-order valence-electron chi connectivity index (χ4n) is 4.20. The molecule has 1 atom stereocenters. The summed E-state index contributed by atoms with van der Waals surface area (Å²) in [7, 11) is 4.00. The largest absolute Gasteiger partial charge is 0.337 e. The normalized spacial score (nSPS) is 12.3. The number of aryl methyl sites for hydroxylation is 1. The van der Waals surface area contributed by atoms with Crippen LogP contribution in [0, 0.1) is 12.7 Å². The van der Waals surface area contributed by atoms with Crippen LogP contribution in [0.3, 0.4) is 0 Å². The molecule has 0 aliphatic rings. The Hall–Kier alpha value is -3.51. The number of aromatic nitrogens is 2. The van der Waals surface area contributed by atoms with Gasteiger partial charge in [-0.15, -0.1) is 0 Å². The molecule has 176 valence electrons. The highest BCUT2D eigenvalue weighted by atomic mass is 19.1. The van der Waals surface area contributed by atoms with E-state index in [9.17, 15) is 9.18 Å². The minimum atomic E-state index is -0.321. The molecular weight excluding hydrogens is 427 g/mol. The number of fused-ring (bicyclic) bond motifs is 1. The molecule has 2 heterocycles. The van der Waals surface area contributed by atoms with Crippen molar-refractivity contribution in [3.63, 3.8) is 0 Å². The number of hydrogen-bond acceptors (Lipinski definition) is 3. The number of nitrogens with zero attached hydrogens (tertiary/aromatic N) is 4. The van der Waals surface area contributed by atoms with Gasteiger partial charge in [0.15, 0.2) is 0 Å². The van der Waals surface area contributed by atoms with E-state index < -0.39 is 0 Å². The summed E-state index contributed by atoms with van der Waals surface area (Å²) in [5.74, 6) is -0.603. The Morgan fingerprint density at radius 1 is 1.03 bits per heavy atom. The van der Waals surface area contributed by atoms with Crippen molar-refractivity contribution in [3.05, 3.63) is 107 Å². The van der Waals surface area contributed by atoms with Crippen LogP contribution in [0.15, 0.2) is 79.1 Å². The second-order valence-electron chi connectivity index (χ2n) is 9.03.